The van der Waals surface area contributed by atoms with Gasteiger partial charge < -0.3 is 4.74 Å². The second-order valence-electron chi connectivity index (χ2n) is 3.10. The Morgan fingerprint density at radius 2 is 2.06 bits per heavy atom. The molecule has 0 aromatic carbocycles. The molecule has 96 valence electrons. The molecular weight excluding hydrogens is 265 g/mol. The number of hydrogen-bond donors (Lipinski definition) is 1. The van der Waals surface area contributed by atoms with Crippen molar-refractivity contribution >= 4 is 11.6 Å². The van der Waals surface area contributed by atoms with Gasteiger partial charge in [0.1, 0.15) is 11.6 Å². The van der Waals surface area contributed by atoms with Crippen molar-refractivity contribution in [2.24, 2.45) is 0 Å². The van der Waals surface area contributed by atoms with Crippen LogP contribution >= 0.6 is 11.6 Å². The van der Waals surface area contributed by atoms with Crippen LogP contribution < -0.4 is 11.2 Å². The molecule has 0 saturated carbocycles. The third kappa shape index (κ3) is 4.61. The summed E-state index contributed by atoms with van der Waals surface area (Å²) in [6.07, 6.45) is -3.37. The van der Waals surface area contributed by atoms with E-state index in [1.165, 1.54) is 0 Å². The minimum Gasteiger partial charge on any atom is -0.370 e. The number of aromatic nitrogens is 2. The van der Waals surface area contributed by atoms with E-state index in [2.05, 4.69) is 4.74 Å². The molecule has 0 amide bonds. The van der Waals surface area contributed by atoms with Crippen LogP contribution in [0.2, 0.25) is 5.02 Å². The van der Waals surface area contributed by atoms with Crippen LogP contribution in [0.4, 0.5) is 13.2 Å². The molecule has 0 bridgehead atoms. The molecular formula is C8H8ClF3N2O3. The van der Waals surface area contributed by atoms with Crippen LogP contribution in [0.25, 0.3) is 0 Å². The van der Waals surface area contributed by atoms with E-state index in [-0.39, 0.29) is 18.2 Å². The lowest BCUT2D eigenvalue weighted by Gasteiger charge is -2.08. The fourth-order valence-electron chi connectivity index (χ4n) is 1.000. The van der Waals surface area contributed by atoms with Gasteiger partial charge in [0.25, 0.3) is 5.56 Å². The van der Waals surface area contributed by atoms with Gasteiger partial charge in [0, 0.05) is 6.20 Å². The number of nitrogens with one attached hydrogen (secondary N) is 1. The van der Waals surface area contributed by atoms with E-state index < -0.39 is 24.0 Å². The molecule has 0 fully saturated rings. The van der Waals surface area contributed by atoms with Gasteiger partial charge in [0.2, 0.25) is 0 Å². The molecule has 1 rings (SSSR count). The Labute approximate surface area is 97.8 Å². The van der Waals surface area contributed by atoms with Gasteiger partial charge in [-0.05, 0) is 0 Å². The third-order valence-corrected chi connectivity index (χ3v) is 1.98. The molecule has 1 aromatic heterocycles. The summed E-state index contributed by atoms with van der Waals surface area (Å²) in [5.74, 6) is 0. The Morgan fingerprint density at radius 1 is 1.41 bits per heavy atom. The SMILES string of the molecule is O=c1[nH]c(=O)n(CCOCC(F)(F)F)cc1Cl. The molecule has 0 saturated heterocycles. The van der Waals surface area contributed by atoms with E-state index in [0.717, 1.165) is 10.8 Å². The van der Waals surface area contributed by atoms with Crippen LogP contribution in [-0.4, -0.2) is 28.9 Å². The van der Waals surface area contributed by atoms with Crippen molar-refractivity contribution in [1.82, 2.24) is 9.55 Å². The molecule has 0 aliphatic heterocycles. The largest absolute Gasteiger partial charge is 0.411 e. The minimum absolute atomic E-state index is 0.134. The lowest BCUT2D eigenvalue weighted by Crippen LogP contribution is -2.31. The second-order valence-corrected chi connectivity index (χ2v) is 3.50. The summed E-state index contributed by atoms with van der Waals surface area (Å²) in [6.45, 7) is -1.84. The van der Waals surface area contributed by atoms with Crippen molar-refractivity contribution in [1.29, 1.82) is 0 Å². The maximum atomic E-state index is 11.7. The summed E-state index contributed by atoms with van der Waals surface area (Å²) >= 11 is 5.45. The number of alkyl halides is 3. The first-order chi connectivity index (χ1) is 7.79. The molecule has 1 heterocycles. The van der Waals surface area contributed by atoms with Gasteiger partial charge in [-0.2, -0.15) is 13.2 Å². The van der Waals surface area contributed by atoms with E-state index >= 15 is 0 Å². The Morgan fingerprint density at radius 3 is 2.65 bits per heavy atom. The van der Waals surface area contributed by atoms with Gasteiger partial charge in [-0.3, -0.25) is 14.3 Å². The average molecular weight is 273 g/mol. The fraction of sp³-hybridized carbons (Fsp3) is 0.500. The summed E-state index contributed by atoms with van der Waals surface area (Å²) in [5.41, 5.74) is -1.50. The van der Waals surface area contributed by atoms with Crippen molar-refractivity contribution in [2.45, 2.75) is 12.7 Å². The first kappa shape index (κ1) is 13.8. The van der Waals surface area contributed by atoms with Crippen LogP contribution in [0.5, 0.6) is 0 Å². The van der Waals surface area contributed by atoms with E-state index in [9.17, 15) is 22.8 Å². The van der Waals surface area contributed by atoms with Gasteiger partial charge in [-0.25, -0.2) is 4.79 Å². The maximum Gasteiger partial charge on any atom is 0.411 e. The Balaban J connectivity index is 2.56. The average Bonchev–Trinajstić information content (AvgIpc) is 2.18. The van der Waals surface area contributed by atoms with Crippen LogP contribution in [-0.2, 0) is 11.3 Å². The quantitative estimate of drug-likeness (QED) is 0.824. The van der Waals surface area contributed by atoms with Crippen LogP contribution in [0.3, 0.4) is 0 Å². The molecule has 0 atom stereocenters. The fourth-order valence-corrected chi connectivity index (χ4v) is 1.16. The molecule has 0 unspecified atom stereocenters. The standard InChI is InChI=1S/C8H8ClF3N2O3/c9-5-3-14(7(16)13-6(5)15)1-2-17-4-8(10,11)12/h3H,1-2,4H2,(H,13,15,16). The number of halogens is 4. The van der Waals surface area contributed by atoms with Crippen molar-refractivity contribution in [2.75, 3.05) is 13.2 Å². The molecule has 0 aliphatic carbocycles. The topological polar surface area (TPSA) is 64.1 Å². The van der Waals surface area contributed by atoms with Crippen molar-refractivity contribution in [3.05, 3.63) is 32.1 Å². The zero-order valence-electron chi connectivity index (χ0n) is 8.38. The predicted octanol–water partition coefficient (Wildman–Crippen LogP) is 0.769. The highest BCUT2D eigenvalue weighted by Crippen LogP contribution is 2.14. The molecule has 17 heavy (non-hydrogen) atoms. The number of hydrogen-bond acceptors (Lipinski definition) is 3. The summed E-state index contributed by atoms with van der Waals surface area (Å²) in [5, 5.41) is -0.222. The highest BCUT2D eigenvalue weighted by molar-refractivity contribution is 6.30. The van der Waals surface area contributed by atoms with Gasteiger partial charge in [-0.15, -0.1) is 0 Å². The number of ether oxygens (including phenoxy) is 1. The van der Waals surface area contributed by atoms with Crippen molar-refractivity contribution in [3.8, 4) is 0 Å². The highest BCUT2D eigenvalue weighted by atomic mass is 35.5. The highest BCUT2D eigenvalue weighted by Gasteiger charge is 2.27. The lowest BCUT2D eigenvalue weighted by atomic mass is 10.6. The molecule has 1 aromatic rings. The van der Waals surface area contributed by atoms with Gasteiger partial charge in [0.05, 0.1) is 13.2 Å². The van der Waals surface area contributed by atoms with Crippen molar-refractivity contribution < 1.29 is 17.9 Å². The number of nitrogens with zero attached hydrogens (tertiary/aromatic N) is 1. The number of aromatic amines is 1. The summed E-state index contributed by atoms with van der Waals surface area (Å²) in [7, 11) is 0. The Hall–Kier alpha value is -1.28. The first-order valence-corrected chi connectivity index (χ1v) is 4.81. The molecule has 5 nitrogen and oxygen atoms in total. The van der Waals surface area contributed by atoms with E-state index in [1.54, 1.807) is 0 Å². The zero-order chi connectivity index (χ0) is 13.1. The molecule has 0 spiro atoms. The normalized spacial score (nSPS) is 11.8. The Kier molecular flexibility index (Phi) is 4.35. The van der Waals surface area contributed by atoms with Crippen molar-refractivity contribution in [3.63, 3.8) is 0 Å². The van der Waals surface area contributed by atoms with E-state index in [0.29, 0.717) is 0 Å². The van der Waals surface area contributed by atoms with Gasteiger partial charge in [0.15, 0.2) is 0 Å². The smallest absolute Gasteiger partial charge is 0.370 e. The van der Waals surface area contributed by atoms with E-state index in [4.69, 9.17) is 11.6 Å². The number of rotatable bonds is 4. The monoisotopic (exact) mass is 272 g/mol. The molecule has 1 N–H and O–H groups in total. The van der Waals surface area contributed by atoms with Crippen LogP contribution in [0.1, 0.15) is 0 Å². The van der Waals surface area contributed by atoms with Crippen LogP contribution in [0, 0.1) is 0 Å². The Bertz CT molecular complexity index is 494. The molecule has 0 radical (unpaired) electrons. The van der Waals surface area contributed by atoms with Gasteiger partial charge in [-0.1, -0.05) is 11.6 Å². The maximum absolute atomic E-state index is 11.7. The van der Waals surface area contributed by atoms with Gasteiger partial charge >= 0.3 is 11.9 Å². The summed E-state index contributed by atoms with van der Waals surface area (Å²) in [6, 6.07) is 0. The lowest BCUT2D eigenvalue weighted by molar-refractivity contribution is -0.174. The number of H-pyrrole nitrogens is 1. The van der Waals surface area contributed by atoms with Crippen LogP contribution in [0.15, 0.2) is 15.8 Å². The third-order valence-electron chi connectivity index (χ3n) is 1.71. The summed E-state index contributed by atoms with van der Waals surface area (Å²) < 4.78 is 40.4. The predicted molar refractivity (Wildman–Crippen MR) is 53.2 cm³/mol. The molecule has 9 heteroatoms. The summed E-state index contributed by atoms with van der Waals surface area (Å²) in [4.78, 5) is 23.9. The second kappa shape index (κ2) is 5.37. The van der Waals surface area contributed by atoms with E-state index in [1.807, 2.05) is 4.98 Å². The minimum atomic E-state index is -4.41. The first-order valence-electron chi connectivity index (χ1n) is 4.43. The zero-order valence-corrected chi connectivity index (χ0v) is 9.14. The molecule has 0 aliphatic rings.